The average Bonchev–Trinajstić information content (AvgIpc) is 2.34. The summed E-state index contributed by atoms with van der Waals surface area (Å²) in [4.78, 5) is 14.0. The molecular formula is C13H17BrCl2N2O. The fraction of sp³-hybridized carbons (Fsp3) is 0.462. The lowest BCUT2D eigenvalue weighted by molar-refractivity contribution is -0.131. The monoisotopic (exact) mass is 366 g/mol. The molecule has 1 fully saturated rings. The van der Waals surface area contributed by atoms with E-state index in [9.17, 15) is 4.79 Å². The van der Waals surface area contributed by atoms with Crippen molar-refractivity contribution in [1.82, 2.24) is 4.90 Å². The minimum absolute atomic E-state index is 0. The van der Waals surface area contributed by atoms with Crippen LogP contribution in [0.1, 0.15) is 18.4 Å². The largest absolute Gasteiger partial charge is 0.341 e. The molecule has 106 valence electrons. The van der Waals surface area contributed by atoms with Gasteiger partial charge in [-0.15, -0.1) is 12.4 Å². The molecule has 19 heavy (non-hydrogen) atoms. The van der Waals surface area contributed by atoms with Crippen LogP contribution >= 0.6 is 39.9 Å². The molecule has 0 radical (unpaired) electrons. The molecule has 1 aliphatic rings. The average molecular weight is 368 g/mol. The van der Waals surface area contributed by atoms with Gasteiger partial charge >= 0.3 is 0 Å². The van der Waals surface area contributed by atoms with Gasteiger partial charge in [0.1, 0.15) is 0 Å². The molecule has 1 aromatic rings. The summed E-state index contributed by atoms with van der Waals surface area (Å²) in [6.07, 6.45) is 2.39. The predicted octanol–water partition coefficient (Wildman–Crippen LogP) is 3.02. The number of likely N-dealkylation sites (tertiary alicyclic amines) is 1. The molecule has 0 aliphatic carbocycles. The second-order valence-electron chi connectivity index (χ2n) is 4.67. The van der Waals surface area contributed by atoms with Gasteiger partial charge in [-0.05, 0) is 46.5 Å². The quantitative estimate of drug-likeness (QED) is 0.873. The molecule has 0 saturated carbocycles. The molecule has 0 unspecified atom stereocenters. The molecule has 1 saturated heterocycles. The van der Waals surface area contributed by atoms with Crippen LogP contribution in [0.4, 0.5) is 0 Å². The summed E-state index contributed by atoms with van der Waals surface area (Å²) >= 11 is 9.35. The number of hydrogen-bond acceptors (Lipinski definition) is 2. The van der Waals surface area contributed by atoms with Crippen molar-refractivity contribution in [3.8, 4) is 0 Å². The number of carbonyl (C=O) groups excluding carboxylic acids is 1. The Morgan fingerprint density at radius 1 is 1.53 bits per heavy atom. The SMILES string of the molecule is Cl.N[C@@H]1CCCN(C(=O)Cc2ccc(Br)c(Cl)c2)C1. The summed E-state index contributed by atoms with van der Waals surface area (Å²) in [5, 5.41) is 0.635. The third-order valence-corrected chi connectivity index (χ3v) is 4.38. The highest BCUT2D eigenvalue weighted by Gasteiger charge is 2.21. The van der Waals surface area contributed by atoms with E-state index in [-0.39, 0.29) is 24.4 Å². The summed E-state index contributed by atoms with van der Waals surface area (Å²) in [6, 6.07) is 5.73. The standard InChI is InChI=1S/C13H16BrClN2O.ClH/c14-11-4-3-9(6-12(11)15)7-13(18)17-5-1-2-10(16)8-17;/h3-4,6,10H,1-2,5,7-8,16H2;1H/t10-;/m1./s1. The van der Waals surface area contributed by atoms with Crippen molar-refractivity contribution in [2.45, 2.75) is 25.3 Å². The zero-order valence-corrected chi connectivity index (χ0v) is 13.6. The minimum Gasteiger partial charge on any atom is -0.341 e. The van der Waals surface area contributed by atoms with Gasteiger partial charge in [-0.2, -0.15) is 0 Å². The van der Waals surface area contributed by atoms with E-state index in [0.29, 0.717) is 18.0 Å². The van der Waals surface area contributed by atoms with Crippen molar-refractivity contribution in [2.24, 2.45) is 5.73 Å². The molecule has 2 rings (SSSR count). The lowest BCUT2D eigenvalue weighted by atomic mass is 10.1. The fourth-order valence-corrected chi connectivity index (χ4v) is 2.62. The molecule has 0 aromatic heterocycles. The predicted molar refractivity (Wildman–Crippen MR) is 83.9 cm³/mol. The Balaban J connectivity index is 0.00000180. The van der Waals surface area contributed by atoms with E-state index in [0.717, 1.165) is 29.4 Å². The van der Waals surface area contributed by atoms with Crippen molar-refractivity contribution in [3.63, 3.8) is 0 Å². The van der Waals surface area contributed by atoms with Crippen LogP contribution in [0.15, 0.2) is 22.7 Å². The van der Waals surface area contributed by atoms with Crippen molar-refractivity contribution >= 4 is 45.8 Å². The van der Waals surface area contributed by atoms with Crippen molar-refractivity contribution in [1.29, 1.82) is 0 Å². The second-order valence-corrected chi connectivity index (χ2v) is 5.93. The van der Waals surface area contributed by atoms with E-state index in [1.807, 2.05) is 23.1 Å². The van der Waals surface area contributed by atoms with E-state index in [2.05, 4.69) is 15.9 Å². The Morgan fingerprint density at radius 2 is 2.26 bits per heavy atom. The molecule has 0 bridgehead atoms. The lowest BCUT2D eigenvalue weighted by Gasteiger charge is -2.30. The van der Waals surface area contributed by atoms with E-state index in [4.69, 9.17) is 17.3 Å². The molecule has 2 N–H and O–H groups in total. The lowest BCUT2D eigenvalue weighted by Crippen LogP contribution is -2.46. The first-order valence-corrected chi connectivity index (χ1v) is 7.20. The number of benzene rings is 1. The zero-order chi connectivity index (χ0) is 13.1. The molecular weight excluding hydrogens is 351 g/mol. The van der Waals surface area contributed by atoms with Crippen LogP contribution in [0.2, 0.25) is 5.02 Å². The van der Waals surface area contributed by atoms with Crippen molar-refractivity contribution in [2.75, 3.05) is 13.1 Å². The van der Waals surface area contributed by atoms with Crippen LogP contribution in [-0.4, -0.2) is 29.9 Å². The third-order valence-electron chi connectivity index (χ3n) is 3.15. The van der Waals surface area contributed by atoms with Crippen LogP contribution < -0.4 is 5.73 Å². The van der Waals surface area contributed by atoms with Crippen molar-refractivity contribution < 1.29 is 4.79 Å². The topological polar surface area (TPSA) is 46.3 Å². The minimum atomic E-state index is 0. The zero-order valence-electron chi connectivity index (χ0n) is 10.4. The number of nitrogens with two attached hydrogens (primary N) is 1. The van der Waals surface area contributed by atoms with E-state index < -0.39 is 0 Å². The van der Waals surface area contributed by atoms with Crippen LogP contribution in [0, 0.1) is 0 Å². The van der Waals surface area contributed by atoms with Gasteiger partial charge in [0.2, 0.25) is 5.91 Å². The van der Waals surface area contributed by atoms with E-state index in [1.165, 1.54) is 0 Å². The first kappa shape index (κ1) is 16.8. The van der Waals surface area contributed by atoms with E-state index in [1.54, 1.807) is 0 Å². The van der Waals surface area contributed by atoms with Crippen molar-refractivity contribution in [3.05, 3.63) is 33.3 Å². The van der Waals surface area contributed by atoms with Gasteiger partial charge in [0.25, 0.3) is 0 Å². The van der Waals surface area contributed by atoms with E-state index >= 15 is 0 Å². The maximum atomic E-state index is 12.1. The Hall–Kier alpha value is -0.290. The number of amides is 1. The van der Waals surface area contributed by atoms with Gasteiger partial charge in [-0.1, -0.05) is 17.7 Å². The van der Waals surface area contributed by atoms with Crippen LogP contribution in [0.5, 0.6) is 0 Å². The van der Waals surface area contributed by atoms with Crippen LogP contribution in [0.3, 0.4) is 0 Å². The normalized spacial score (nSPS) is 18.9. The maximum Gasteiger partial charge on any atom is 0.227 e. The molecule has 1 amide bonds. The first-order chi connectivity index (χ1) is 8.56. The number of piperidine rings is 1. The summed E-state index contributed by atoms with van der Waals surface area (Å²) in [5.74, 6) is 0.128. The molecule has 1 aromatic carbocycles. The van der Waals surface area contributed by atoms with Gasteiger partial charge in [0, 0.05) is 23.6 Å². The summed E-state index contributed by atoms with van der Waals surface area (Å²) < 4.78 is 0.848. The number of rotatable bonds is 2. The first-order valence-electron chi connectivity index (χ1n) is 6.03. The van der Waals surface area contributed by atoms with Gasteiger partial charge in [0.15, 0.2) is 0 Å². The summed E-state index contributed by atoms with van der Waals surface area (Å²) in [5.41, 5.74) is 6.82. The molecule has 1 atom stereocenters. The summed E-state index contributed by atoms with van der Waals surface area (Å²) in [6.45, 7) is 1.49. The van der Waals surface area contributed by atoms with Gasteiger partial charge in [-0.25, -0.2) is 0 Å². The van der Waals surface area contributed by atoms with Gasteiger partial charge in [0.05, 0.1) is 11.4 Å². The number of carbonyl (C=O) groups is 1. The molecule has 1 heterocycles. The Morgan fingerprint density at radius 3 is 2.89 bits per heavy atom. The van der Waals surface area contributed by atoms with Crippen LogP contribution in [-0.2, 0) is 11.2 Å². The molecule has 6 heteroatoms. The fourth-order valence-electron chi connectivity index (χ4n) is 2.17. The highest BCUT2D eigenvalue weighted by atomic mass is 79.9. The molecule has 0 spiro atoms. The number of nitrogens with zero attached hydrogens (tertiary/aromatic N) is 1. The van der Waals surface area contributed by atoms with Gasteiger partial charge < -0.3 is 10.6 Å². The number of halogens is 3. The highest BCUT2D eigenvalue weighted by Crippen LogP contribution is 2.23. The Kier molecular flexibility index (Phi) is 6.60. The van der Waals surface area contributed by atoms with Crippen LogP contribution in [0.25, 0.3) is 0 Å². The van der Waals surface area contributed by atoms with Gasteiger partial charge in [-0.3, -0.25) is 4.79 Å². The third kappa shape index (κ3) is 4.63. The second kappa shape index (κ2) is 7.48. The number of hydrogen-bond donors (Lipinski definition) is 1. The summed E-state index contributed by atoms with van der Waals surface area (Å²) in [7, 11) is 0. The Labute approximate surface area is 133 Å². The molecule has 1 aliphatic heterocycles. The smallest absolute Gasteiger partial charge is 0.227 e. The maximum absolute atomic E-state index is 12.1. The molecule has 3 nitrogen and oxygen atoms in total. The highest BCUT2D eigenvalue weighted by molar-refractivity contribution is 9.10. The Bertz CT molecular complexity index is 456.